The normalized spacial score (nSPS) is 17.1. The molecule has 0 spiro atoms. The lowest BCUT2D eigenvalue weighted by Gasteiger charge is -2.21. The van der Waals surface area contributed by atoms with Crippen molar-refractivity contribution in [3.05, 3.63) is 0 Å². The Morgan fingerprint density at radius 3 is 2.25 bits per heavy atom. The molecule has 0 aromatic heterocycles. The molecule has 0 aromatic rings. The van der Waals surface area contributed by atoms with Gasteiger partial charge in [-0.3, -0.25) is 4.79 Å². The Hall–Kier alpha value is 0.300. The van der Waals surface area contributed by atoms with Gasteiger partial charge < -0.3 is 10.8 Å². The Labute approximate surface area is 85.8 Å². The van der Waals surface area contributed by atoms with Crippen LogP contribution in [-0.2, 0) is 4.79 Å². The fourth-order valence-corrected chi connectivity index (χ4v) is 0.883. The van der Waals surface area contributed by atoms with Crippen molar-refractivity contribution in [3.8, 4) is 0 Å². The molecule has 0 aromatic carbocycles. The Balaban J connectivity index is 4.01. The molecule has 12 heavy (non-hydrogen) atoms. The lowest BCUT2D eigenvalue weighted by atomic mass is 10.0. The van der Waals surface area contributed by atoms with Gasteiger partial charge in [-0.1, -0.05) is 41.7 Å². The van der Waals surface area contributed by atoms with Gasteiger partial charge >= 0.3 is 5.97 Å². The summed E-state index contributed by atoms with van der Waals surface area (Å²) in [5.74, 6) is -1.47. The van der Waals surface area contributed by atoms with E-state index in [1.807, 2.05) is 0 Å². The molecule has 1 unspecified atom stereocenters. The summed E-state index contributed by atoms with van der Waals surface area (Å²) in [6.45, 7) is 1.63. The summed E-state index contributed by atoms with van der Waals surface area (Å²) in [5.41, 5.74) is 5.24. The lowest BCUT2D eigenvalue weighted by Crippen LogP contribution is -2.34. The van der Waals surface area contributed by atoms with Crippen molar-refractivity contribution >= 4 is 40.8 Å². The summed E-state index contributed by atoms with van der Waals surface area (Å²) < 4.78 is -1.45. The van der Waals surface area contributed by atoms with E-state index in [4.69, 9.17) is 45.6 Å². The van der Waals surface area contributed by atoms with Gasteiger partial charge in [0.1, 0.15) is 6.04 Å². The molecule has 0 aliphatic rings. The molecule has 0 amide bonds. The molecule has 2 atom stereocenters. The Morgan fingerprint density at radius 1 is 1.58 bits per heavy atom. The van der Waals surface area contributed by atoms with E-state index in [0.717, 1.165) is 0 Å². The molecule has 0 fully saturated rings. The van der Waals surface area contributed by atoms with Gasteiger partial charge in [-0.15, -0.1) is 0 Å². The predicted octanol–water partition coefficient (Wildman–Crippen LogP) is 1.79. The van der Waals surface area contributed by atoms with Gasteiger partial charge in [0.05, 0.1) is 0 Å². The van der Waals surface area contributed by atoms with Crippen molar-refractivity contribution in [1.82, 2.24) is 0 Å². The van der Waals surface area contributed by atoms with Gasteiger partial charge in [-0.2, -0.15) is 0 Å². The number of alkyl halides is 3. The van der Waals surface area contributed by atoms with E-state index in [2.05, 4.69) is 0 Å². The van der Waals surface area contributed by atoms with E-state index in [1.54, 1.807) is 6.92 Å². The summed E-state index contributed by atoms with van der Waals surface area (Å²) in [5, 5.41) is 8.44. The molecule has 0 saturated heterocycles. The Morgan fingerprint density at radius 2 is 2.00 bits per heavy atom. The third kappa shape index (κ3) is 4.36. The minimum Gasteiger partial charge on any atom is -0.480 e. The van der Waals surface area contributed by atoms with Crippen LogP contribution in [0.25, 0.3) is 0 Å². The van der Waals surface area contributed by atoms with Crippen LogP contribution < -0.4 is 5.73 Å². The predicted molar refractivity (Wildman–Crippen MR) is 49.7 cm³/mol. The second-order valence-electron chi connectivity index (χ2n) is 2.62. The lowest BCUT2D eigenvalue weighted by molar-refractivity contribution is -0.138. The average Bonchev–Trinajstić information content (AvgIpc) is 1.85. The van der Waals surface area contributed by atoms with Gasteiger partial charge in [0.25, 0.3) is 0 Å². The molecule has 0 aliphatic heterocycles. The third-order valence-corrected chi connectivity index (χ3v) is 2.60. The molecular weight excluding hydrogens is 224 g/mol. The summed E-state index contributed by atoms with van der Waals surface area (Å²) in [4.78, 5) is 10.3. The number of halogens is 3. The maximum absolute atomic E-state index is 10.3. The standard InChI is InChI=1S/C6H10Cl3NO2/c1-3(6(7,8)9)2-4(10)5(11)12/h3-4H,2,10H2,1H3,(H,11,12)/t3?,4-/m0/s1. The number of carboxylic acid groups (broad SMARTS) is 1. The first-order valence-electron chi connectivity index (χ1n) is 3.30. The first kappa shape index (κ1) is 12.3. The number of hydrogen-bond acceptors (Lipinski definition) is 2. The molecule has 0 heterocycles. The third-order valence-electron chi connectivity index (χ3n) is 1.48. The number of carboxylic acids is 1. The van der Waals surface area contributed by atoms with E-state index < -0.39 is 15.8 Å². The minimum absolute atomic E-state index is 0.145. The van der Waals surface area contributed by atoms with Crippen molar-refractivity contribution in [3.63, 3.8) is 0 Å². The van der Waals surface area contributed by atoms with Crippen molar-refractivity contribution in [1.29, 1.82) is 0 Å². The molecule has 0 rings (SSSR count). The number of hydrogen-bond donors (Lipinski definition) is 2. The van der Waals surface area contributed by atoms with Gasteiger partial charge in [0.15, 0.2) is 3.79 Å². The topological polar surface area (TPSA) is 63.3 Å². The van der Waals surface area contributed by atoms with Crippen molar-refractivity contribution in [2.45, 2.75) is 23.2 Å². The van der Waals surface area contributed by atoms with Crippen molar-refractivity contribution < 1.29 is 9.90 Å². The summed E-state index contributed by atoms with van der Waals surface area (Å²) in [7, 11) is 0. The fraction of sp³-hybridized carbons (Fsp3) is 0.833. The molecular formula is C6H10Cl3NO2. The number of aliphatic carboxylic acids is 1. The van der Waals surface area contributed by atoms with Gasteiger partial charge in [-0.05, 0) is 6.42 Å². The Kier molecular flexibility index (Phi) is 4.62. The average molecular weight is 235 g/mol. The monoisotopic (exact) mass is 233 g/mol. The second kappa shape index (κ2) is 4.51. The quantitative estimate of drug-likeness (QED) is 0.732. The first-order valence-corrected chi connectivity index (χ1v) is 4.43. The molecule has 0 radical (unpaired) electrons. The van der Waals surface area contributed by atoms with Crippen LogP contribution >= 0.6 is 34.8 Å². The van der Waals surface area contributed by atoms with E-state index in [9.17, 15) is 4.79 Å². The Bertz CT molecular complexity index is 169. The number of nitrogens with two attached hydrogens (primary N) is 1. The van der Waals surface area contributed by atoms with E-state index >= 15 is 0 Å². The summed E-state index contributed by atoms with van der Waals surface area (Å²) >= 11 is 16.5. The van der Waals surface area contributed by atoms with E-state index in [-0.39, 0.29) is 12.3 Å². The summed E-state index contributed by atoms with van der Waals surface area (Å²) in [6, 6.07) is -0.976. The largest absolute Gasteiger partial charge is 0.480 e. The minimum atomic E-state index is -1.45. The van der Waals surface area contributed by atoms with Crippen LogP contribution in [0.1, 0.15) is 13.3 Å². The van der Waals surface area contributed by atoms with Crippen LogP contribution in [0, 0.1) is 5.92 Å². The van der Waals surface area contributed by atoms with Crippen LogP contribution in [0.3, 0.4) is 0 Å². The highest BCUT2D eigenvalue weighted by atomic mass is 35.6. The molecule has 3 N–H and O–H groups in total. The van der Waals surface area contributed by atoms with Gasteiger partial charge in [-0.25, -0.2) is 0 Å². The molecule has 0 aliphatic carbocycles. The van der Waals surface area contributed by atoms with E-state index in [0.29, 0.717) is 0 Å². The van der Waals surface area contributed by atoms with Crippen LogP contribution in [-0.4, -0.2) is 20.9 Å². The van der Waals surface area contributed by atoms with Gasteiger partial charge in [0.2, 0.25) is 0 Å². The number of rotatable bonds is 3. The molecule has 6 heteroatoms. The van der Waals surface area contributed by atoms with E-state index in [1.165, 1.54) is 0 Å². The molecule has 3 nitrogen and oxygen atoms in total. The van der Waals surface area contributed by atoms with Crippen molar-refractivity contribution in [2.75, 3.05) is 0 Å². The molecule has 72 valence electrons. The zero-order valence-electron chi connectivity index (χ0n) is 6.43. The second-order valence-corrected chi connectivity index (χ2v) is 4.99. The zero-order valence-corrected chi connectivity index (χ0v) is 8.70. The zero-order chi connectivity index (χ0) is 9.94. The van der Waals surface area contributed by atoms with Crippen molar-refractivity contribution in [2.24, 2.45) is 11.7 Å². The number of carbonyl (C=O) groups is 1. The smallest absolute Gasteiger partial charge is 0.320 e. The first-order chi connectivity index (χ1) is 5.25. The molecule has 0 bridgehead atoms. The highest BCUT2D eigenvalue weighted by molar-refractivity contribution is 6.67. The van der Waals surface area contributed by atoms with Crippen LogP contribution in [0.5, 0.6) is 0 Å². The highest BCUT2D eigenvalue weighted by Gasteiger charge is 2.31. The van der Waals surface area contributed by atoms with Crippen LogP contribution in [0.2, 0.25) is 0 Å². The summed E-state index contributed by atoms with van der Waals surface area (Å²) in [6.07, 6.45) is 0.145. The maximum Gasteiger partial charge on any atom is 0.320 e. The fourth-order valence-electron chi connectivity index (χ4n) is 0.615. The highest BCUT2D eigenvalue weighted by Crippen LogP contribution is 2.36. The SMILES string of the molecule is CC(C[C@H](N)C(=O)O)C(Cl)(Cl)Cl. The molecule has 0 saturated carbocycles. The van der Waals surface area contributed by atoms with Crippen LogP contribution in [0.15, 0.2) is 0 Å². The van der Waals surface area contributed by atoms with Crippen LogP contribution in [0.4, 0.5) is 0 Å². The maximum atomic E-state index is 10.3. The van der Waals surface area contributed by atoms with Gasteiger partial charge in [0, 0.05) is 5.92 Å².